The Hall–Kier alpha value is -3.49. The van der Waals surface area contributed by atoms with Crippen molar-refractivity contribution in [3.8, 4) is 23.0 Å². The third-order valence-electron chi connectivity index (χ3n) is 5.97. The van der Waals surface area contributed by atoms with Crippen molar-refractivity contribution < 1.29 is 33.6 Å². The highest BCUT2D eigenvalue weighted by Gasteiger charge is 2.34. The molecule has 0 radical (unpaired) electrons. The molecule has 3 rings (SSSR count). The predicted octanol–water partition coefficient (Wildman–Crippen LogP) is 3.49. The Morgan fingerprint density at radius 1 is 1.09 bits per heavy atom. The van der Waals surface area contributed by atoms with Crippen LogP contribution in [0.1, 0.15) is 50.0 Å². The fourth-order valence-electron chi connectivity index (χ4n) is 4.14. The summed E-state index contributed by atoms with van der Waals surface area (Å²) in [6.07, 6.45) is 4.63. The van der Waals surface area contributed by atoms with Gasteiger partial charge in [-0.2, -0.15) is 0 Å². The highest BCUT2D eigenvalue weighted by molar-refractivity contribution is 5.97. The molecule has 1 fully saturated rings. The summed E-state index contributed by atoms with van der Waals surface area (Å²) in [4.78, 5) is 29.2. The molecule has 2 aromatic rings. The predicted molar refractivity (Wildman–Crippen MR) is 124 cm³/mol. The molecule has 0 unspecified atom stereocenters. The van der Waals surface area contributed by atoms with E-state index in [2.05, 4.69) is 10.3 Å². The number of nitrogens with zero attached hydrogens (tertiary/aromatic N) is 1. The number of carbonyl (C=O) groups is 2. The number of carbonyl (C=O) groups excluding carboxylic acids is 2. The number of hydrogen-bond donors (Lipinski definition) is 2. The van der Waals surface area contributed by atoms with Gasteiger partial charge in [-0.1, -0.05) is 18.9 Å². The van der Waals surface area contributed by atoms with Crippen LogP contribution in [0.25, 0.3) is 0 Å². The molecule has 1 aliphatic rings. The summed E-state index contributed by atoms with van der Waals surface area (Å²) >= 11 is 0. The first-order valence-electron chi connectivity index (χ1n) is 11.4. The molecule has 0 aliphatic heterocycles. The van der Waals surface area contributed by atoms with E-state index >= 15 is 0 Å². The third-order valence-corrected chi connectivity index (χ3v) is 5.97. The highest BCUT2D eigenvalue weighted by Crippen LogP contribution is 2.33. The molecule has 9 heteroatoms. The minimum Gasteiger partial charge on any atom is -0.503 e. The van der Waals surface area contributed by atoms with E-state index in [4.69, 9.17) is 18.9 Å². The number of ether oxygens (including phenoxy) is 4. The molecule has 3 atom stereocenters. The van der Waals surface area contributed by atoms with Crippen LogP contribution >= 0.6 is 0 Å². The smallest absolute Gasteiger partial charge is 0.328 e. The Labute approximate surface area is 199 Å². The minimum absolute atomic E-state index is 0.109. The second-order valence-electron chi connectivity index (χ2n) is 8.35. The summed E-state index contributed by atoms with van der Waals surface area (Å²) in [5, 5.41) is 12.7. The summed E-state index contributed by atoms with van der Waals surface area (Å²) in [5.41, 5.74) is -0.239. The molecule has 1 aliphatic carbocycles. The van der Waals surface area contributed by atoms with E-state index in [-0.39, 0.29) is 23.5 Å². The summed E-state index contributed by atoms with van der Waals surface area (Å²) in [5.74, 6) is -0.0496. The van der Waals surface area contributed by atoms with Crippen LogP contribution in [0.2, 0.25) is 0 Å². The molecule has 1 heterocycles. The standard InChI is InChI=1S/C25H32N2O7/c1-15(27-24(29)21-22(28)20(32-4)12-13-26-21)25(30)33-16(2)23(17-8-5-6-9-17)34-19-11-7-10-18(14-19)31-3/h7,10-17,23,28H,5-6,8-9H2,1-4H3,(H,27,29)/t15-,16-,23-/m0/s1. The van der Waals surface area contributed by atoms with Gasteiger partial charge in [0.1, 0.15) is 29.7 Å². The van der Waals surface area contributed by atoms with E-state index in [1.165, 1.54) is 26.3 Å². The van der Waals surface area contributed by atoms with Crippen LogP contribution in [-0.4, -0.2) is 54.4 Å². The molecule has 1 aromatic carbocycles. The number of rotatable bonds is 10. The van der Waals surface area contributed by atoms with Crippen molar-refractivity contribution in [2.45, 2.75) is 57.8 Å². The van der Waals surface area contributed by atoms with Crippen LogP contribution in [0, 0.1) is 5.92 Å². The first kappa shape index (κ1) is 25.1. The number of methoxy groups -OCH3 is 2. The second-order valence-corrected chi connectivity index (χ2v) is 8.35. The van der Waals surface area contributed by atoms with Crippen LogP contribution in [0.15, 0.2) is 36.5 Å². The quantitative estimate of drug-likeness (QED) is 0.505. The van der Waals surface area contributed by atoms with Crippen molar-refractivity contribution in [2.24, 2.45) is 5.92 Å². The van der Waals surface area contributed by atoms with Crippen LogP contribution < -0.4 is 19.5 Å². The van der Waals surface area contributed by atoms with E-state index < -0.39 is 29.8 Å². The Morgan fingerprint density at radius 2 is 1.79 bits per heavy atom. The van der Waals surface area contributed by atoms with Gasteiger partial charge in [-0.25, -0.2) is 9.78 Å². The SMILES string of the molecule is COc1cccc(O[C@H](C2CCCC2)[C@H](C)OC(=O)[C@H](C)NC(=O)c2nccc(OC)c2O)c1. The Morgan fingerprint density at radius 3 is 2.47 bits per heavy atom. The van der Waals surface area contributed by atoms with Crippen LogP contribution in [0.4, 0.5) is 0 Å². The van der Waals surface area contributed by atoms with Crippen molar-refractivity contribution >= 4 is 11.9 Å². The average Bonchev–Trinajstić information content (AvgIpc) is 3.37. The van der Waals surface area contributed by atoms with E-state index in [1.54, 1.807) is 20.1 Å². The Balaban J connectivity index is 1.66. The van der Waals surface area contributed by atoms with Gasteiger partial charge in [0.05, 0.1) is 14.2 Å². The maximum atomic E-state index is 12.8. The molecule has 0 spiro atoms. The number of hydrogen-bond acceptors (Lipinski definition) is 8. The molecule has 1 amide bonds. The van der Waals surface area contributed by atoms with Crippen LogP contribution in [0.3, 0.4) is 0 Å². The molecule has 34 heavy (non-hydrogen) atoms. The monoisotopic (exact) mass is 472 g/mol. The van der Waals surface area contributed by atoms with Gasteiger partial charge < -0.3 is 29.4 Å². The zero-order valence-electron chi connectivity index (χ0n) is 19.9. The molecule has 9 nitrogen and oxygen atoms in total. The molecule has 1 saturated carbocycles. The lowest BCUT2D eigenvalue weighted by Crippen LogP contribution is -2.45. The molecular formula is C25H32N2O7. The lowest BCUT2D eigenvalue weighted by molar-refractivity contribution is -0.156. The van der Waals surface area contributed by atoms with Gasteiger partial charge in [-0.05, 0) is 44.7 Å². The first-order valence-corrected chi connectivity index (χ1v) is 11.4. The minimum atomic E-state index is -0.969. The van der Waals surface area contributed by atoms with Gasteiger partial charge in [0.15, 0.2) is 17.2 Å². The number of nitrogens with one attached hydrogen (secondary N) is 1. The fraction of sp³-hybridized carbons (Fsp3) is 0.480. The molecule has 0 saturated heterocycles. The number of esters is 1. The van der Waals surface area contributed by atoms with Crippen molar-refractivity contribution in [1.29, 1.82) is 0 Å². The van der Waals surface area contributed by atoms with E-state index in [1.807, 2.05) is 18.2 Å². The summed E-state index contributed by atoms with van der Waals surface area (Å²) in [7, 11) is 2.96. The summed E-state index contributed by atoms with van der Waals surface area (Å²) < 4.78 is 22.3. The fourth-order valence-corrected chi connectivity index (χ4v) is 4.14. The Kier molecular flexibility index (Phi) is 8.56. The number of pyridine rings is 1. The molecular weight excluding hydrogens is 440 g/mol. The van der Waals surface area contributed by atoms with Crippen molar-refractivity contribution in [1.82, 2.24) is 10.3 Å². The number of aromatic nitrogens is 1. The third kappa shape index (κ3) is 6.09. The number of benzene rings is 1. The van der Waals surface area contributed by atoms with Gasteiger partial charge in [0.2, 0.25) is 0 Å². The lowest BCUT2D eigenvalue weighted by Gasteiger charge is -2.30. The van der Waals surface area contributed by atoms with Crippen LogP contribution in [0.5, 0.6) is 23.0 Å². The number of amides is 1. The van der Waals surface area contributed by atoms with E-state index in [0.717, 1.165) is 25.7 Å². The topological polar surface area (TPSA) is 116 Å². The van der Waals surface area contributed by atoms with Gasteiger partial charge in [0.25, 0.3) is 5.91 Å². The van der Waals surface area contributed by atoms with E-state index in [0.29, 0.717) is 11.5 Å². The lowest BCUT2D eigenvalue weighted by atomic mass is 9.96. The second kappa shape index (κ2) is 11.6. The van der Waals surface area contributed by atoms with Gasteiger partial charge in [-0.3, -0.25) is 4.79 Å². The number of aromatic hydroxyl groups is 1. The van der Waals surface area contributed by atoms with Crippen molar-refractivity contribution in [3.05, 3.63) is 42.2 Å². The van der Waals surface area contributed by atoms with Gasteiger partial charge in [0, 0.05) is 18.3 Å². The van der Waals surface area contributed by atoms with E-state index in [9.17, 15) is 14.7 Å². The normalized spacial score (nSPS) is 16.2. The maximum absolute atomic E-state index is 12.8. The highest BCUT2D eigenvalue weighted by atomic mass is 16.6. The van der Waals surface area contributed by atoms with Crippen molar-refractivity contribution in [2.75, 3.05) is 14.2 Å². The maximum Gasteiger partial charge on any atom is 0.328 e. The summed E-state index contributed by atoms with van der Waals surface area (Å²) in [6, 6.07) is 7.78. The van der Waals surface area contributed by atoms with Gasteiger partial charge >= 0.3 is 5.97 Å². The molecule has 2 N–H and O–H groups in total. The van der Waals surface area contributed by atoms with Crippen molar-refractivity contribution in [3.63, 3.8) is 0 Å². The van der Waals surface area contributed by atoms with Gasteiger partial charge in [-0.15, -0.1) is 0 Å². The first-order chi connectivity index (χ1) is 16.3. The largest absolute Gasteiger partial charge is 0.503 e. The molecule has 184 valence electrons. The Bertz CT molecular complexity index is 991. The zero-order valence-corrected chi connectivity index (χ0v) is 19.9. The average molecular weight is 473 g/mol. The zero-order chi connectivity index (χ0) is 24.7. The summed E-state index contributed by atoms with van der Waals surface area (Å²) in [6.45, 7) is 3.31. The van der Waals surface area contributed by atoms with Crippen LogP contribution in [-0.2, 0) is 9.53 Å². The molecule has 1 aromatic heterocycles. The molecule has 0 bridgehead atoms.